The molecule has 3 aromatic rings. The van der Waals surface area contributed by atoms with Gasteiger partial charge in [0.05, 0.1) is 5.69 Å². The zero-order valence-electron chi connectivity index (χ0n) is 17.9. The molecule has 158 valence electrons. The van der Waals surface area contributed by atoms with Gasteiger partial charge in [0.15, 0.2) is 0 Å². The van der Waals surface area contributed by atoms with Gasteiger partial charge in [0.1, 0.15) is 18.2 Å². The molecule has 0 aliphatic carbocycles. The van der Waals surface area contributed by atoms with Crippen LogP contribution in [0.4, 0.5) is 0 Å². The zero-order valence-corrected chi connectivity index (χ0v) is 18.7. The monoisotopic (exact) mass is 422 g/mol. The maximum atomic E-state index is 6.07. The minimum atomic E-state index is 0.726. The number of ether oxygens (including phenoxy) is 1. The van der Waals surface area contributed by atoms with Gasteiger partial charge in [0.2, 0.25) is 0 Å². The second kappa shape index (κ2) is 8.53. The van der Waals surface area contributed by atoms with Crippen molar-refractivity contribution in [2.75, 3.05) is 19.7 Å². The van der Waals surface area contributed by atoms with Crippen molar-refractivity contribution in [1.29, 1.82) is 0 Å². The van der Waals surface area contributed by atoms with Crippen molar-refractivity contribution < 1.29 is 4.74 Å². The van der Waals surface area contributed by atoms with Crippen molar-refractivity contribution >= 4 is 11.3 Å². The number of benzene rings is 1. The molecule has 0 radical (unpaired) electrons. The first-order valence-corrected chi connectivity index (χ1v) is 11.8. The van der Waals surface area contributed by atoms with Gasteiger partial charge in [-0.15, -0.1) is 11.3 Å². The molecule has 0 saturated heterocycles. The number of imidazole rings is 1. The summed E-state index contributed by atoms with van der Waals surface area (Å²) in [6.45, 7) is 10.9. The molecule has 0 saturated carbocycles. The fourth-order valence-corrected chi connectivity index (χ4v) is 5.42. The van der Waals surface area contributed by atoms with Crippen molar-refractivity contribution in [3.8, 4) is 5.75 Å². The number of aromatic amines is 1. The first-order chi connectivity index (χ1) is 14.7. The largest absolute Gasteiger partial charge is 0.492 e. The van der Waals surface area contributed by atoms with E-state index in [2.05, 4.69) is 58.3 Å². The highest BCUT2D eigenvalue weighted by Gasteiger charge is 2.20. The van der Waals surface area contributed by atoms with E-state index in [1.165, 1.54) is 28.8 Å². The number of hydrogen-bond donors (Lipinski definition) is 1. The molecular formula is C24H30N4OS. The summed E-state index contributed by atoms with van der Waals surface area (Å²) >= 11 is 1.90. The Labute approximate surface area is 182 Å². The molecule has 0 atom stereocenters. The molecule has 30 heavy (non-hydrogen) atoms. The third-order valence-corrected chi connectivity index (χ3v) is 7.24. The average molecular weight is 423 g/mol. The molecular weight excluding hydrogens is 392 g/mol. The Hall–Kier alpha value is -2.15. The van der Waals surface area contributed by atoms with E-state index >= 15 is 0 Å². The second-order valence-electron chi connectivity index (χ2n) is 8.44. The van der Waals surface area contributed by atoms with Crippen molar-refractivity contribution in [2.24, 2.45) is 0 Å². The lowest BCUT2D eigenvalue weighted by molar-refractivity contribution is 0.217. The van der Waals surface area contributed by atoms with Crippen molar-refractivity contribution in [3.63, 3.8) is 0 Å². The molecule has 2 aromatic heterocycles. The summed E-state index contributed by atoms with van der Waals surface area (Å²) < 4.78 is 6.07. The van der Waals surface area contributed by atoms with Crippen LogP contribution in [-0.2, 0) is 39.0 Å². The van der Waals surface area contributed by atoms with Crippen LogP contribution in [-0.4, -0.2) is 39.5 Å². The number of fused-ring (bicyclic) bond motifs is 2. The van der Waals surface area contributed by atoms with Crippen LogP contribution in [0, 0.1) is 6.92 Å². The second-order valence-corrected chi connectivity index (χ2v) is 9.44. The summed E-state index contributed by atoms with van der Waals surface area (Å²) in [6, 6.07) is 9.05. The third-order valence-electron chi connectivity index (χ3n) is 6.22. The number of nitrogens with zero attached hydrogens (tertiary/aromatic N) is 3. The van der Waals surface area contributed by atoms with Crippen LogP contribution in [0.15, 0.2) is 29.6 Å². The van der Waals surface area contributed by atoms with Gasteiger partial charge >= 0.3 is 0 Å². The van der Waals surface area contributed by atoms with Gasteiger partial charge in [-0.1, -0.05) is 13.0 Å². The fraction of sp³-hybridized carbons (Fsp3) is 0.458. The van der Waals surface area contributed by atoms with E-state index in [4.69, 9.17) is 9.72 Å². The smallest absolute Gasteiger partial charge is 0.123 e. The van der Waals surface area contributed by atoms with Gasteiger partial charge < -0.3 is 9.72 Å². The van der Waals surface area contributed by atoms with Gasteiger partial charge in [-0.05, 0) is 48.1 Å². The predicted molar refractivity (Wildman–Crippen MR) is 121 cm³/mol. The summed E-state index contributed by atoms with van der Waals surface area (Å²) in [5.41, 5.74) is 6.52. The van der Waals surface area contributed by atoms with Crippen molar-refractivity contribution in [2.45, 2.75) is 52.9 Å². The van der Waals surface area contributed by atoms with Gasteiger partial charge in [-0.25, -0.2) is 4.98 Å². The fourth-order valence-electron chi connectivity index (χ4n) is 4.53. The molecule has 2 aliphatic rings. The van der Waals surface area contributed by atoms with Crippen molar-refractivity contribution in [3.05, 3.63) is 68.4 Å². The Balaban J connectivity index is 1.29. The summed E-state index contributed by atoms with van der Waals surface area (Å²) in [4.78, 5) is 14.8. The molecule has 2 aliphatic heterocycles. The molecule has 0 fully saturated rings. The van der Waals surface area contributed by atoms with Crippen LogP contribution in [0.3, 0.4) is 0 Å². The third kappa shape index (κ3) is 4.17. The Morgan fingerprint density at radius 1 is 1.10 bits per heavy atom. The summed E-state index contributed by atoms with van der Waals surface area (Å²) in [5.74, 6) is 2.11. The lowest BCUT2D eigenvalue weighted by Crippen LogP contribution is -2.29. The topological polar surface area (TPSA) is 44.4 Å². The molecule has 0 bridgehead atoms. The average Bonchev–Trinajstić information content (AvgIpc) is 3.29. The Bertz CT molecular complexity index is 1020. The molecule has 0 amide bonds. The van der Waals surface area contributed by atoms with Crippen LogP contribution < -0.4 is 4.74 Å². The van der Waals surface area contributed by atoms with E-state index in [1.807, 2.05) is 11.3 Å². The number of aryl methyl sites for hydroxylation is 2. The quantitative estimate of drug-likeness (QED) is 0.666. The Kier molecular flexibility index (Phi) is 5.63. The minimum absolute atomic E-state index is 0.726. The SMILES string of the molecule is CCc1nc(CN2CCOc3ccc(CN4CCc5sccc5C4)cc3C2)c(C)[nH]1. The maximum Gasteiger partial charge on any atom is 0.123 e. The Morgan fingerprint density at radius 2 is 1.97 bits per heavy atom. The highest BCUT2D eigenvalue weighted by Crippen LogP contribution is 2.28. The van der Waals surface area contributed by atoms with Crippen LogP contribution in [0.1, 0.15) is 45.7 Å². The molecule has 0 spiro atoms. The number of aromatic nitrogens is 2. The molecule has 1 N–H and O–H groups in total. The van der Waals surface area contributed by atoms with Gasteiger partial charge in [0.25, 0.3) is 0 Å². The van der Waals surface area contributed by atoms with Gasteiger partial charge in [0, 0.05) is 61.8 Å². The molecule has 6 heteroatoms. The highest BCUT2D eigenvalue weighted by atomic mass is 32.1. The Morgan fingerprint density at radius 3 is 2.83 bits per heavy atom. The lowest BCUT2D eigenvalue weighted by atomic mass is 10.1. The summed E-state index contributed by atoms with van der Waals surface area (Å²) in [5, 5.41) is 2.23. The predicted octanol–water partition coefficient (Wildman–Crippen LogP) is 4.29. The first kappa shape index (κ1) is 19.8. The molecule has 4 heterocycles. The maximum absolute atomic E-state index is 6.07. The van der Waals surface area contributed by atoms with Crippen molar-refractivity contribution in [1.82, 2.24) is 19.8 Å². The lowest BCUT2D eigenvalue weighted by Gasteiger charge is -2.27. The van der Waals surface area contributed by atoms with Crippen LogP contribution >= 0.6 is 11.3 Å². The molecule has 1 aromatic carbocycles. The van der Waals surface area contributed by atoms with E-state index in [1.54, 1.807) is 4.88 Å². The molecule has 5 rings (SSSR count). The summed E-state index contributed by atoms with van der Waals surface area (Å²) in [6.07, 6.45) is 2.12. The highest BCUT2D eigenvalue weighted by molar-refractivity contribution is 7.10. The van der Waals surface area contributed by atoms with Gasteiger partial charge in [-0.2, -0.15) is 0 Å². The van der Waals surface area contributed by atoms with E-state index in [0.717, 1.165) is 69.6 Å². The minimum Gasteiger partial charge on any atom is -0.492 e. The number of thiophene rings is 1. The number of nitrogens with one attached hydrogen (secondary N) is 1. The van der Waals surface area contributed by atoms with Crippen LogP contribution in [0.2, 0.25) is 0 Å². The molecule has 0 unspecified atom stereocenters. The molecule has 5 nitrogen and oxygen atoms in total. The van der Waals surface area contributed by atoms with Gasteiger partial charge in [-0.3, -0.25) is 9.80 Å². The first-order valence-electron chi connectivity index (χ1n) is 11.0. The number of H-pyrrole nitrogens is 1. The standard InChI is InChI=1S/C24H30N4OS/c1-3-24-25-17(2)21(26-24)16-28-9-10-29-22-5-4-18(12-20(22)15-28)13-27-8-6-23-19(14-27)7-11-30-23/h4-5,7,11-12H,3,6,8-10,13-16H2,1-2H3,(H,25,26). The van der Waals surface area contributed by atoms with E-state index in [9.17, 15) is 0 Å². The number of rotatable bonds is 5. The van der Waals surface area contributed by atoms with Crippen LogP contribution in [0.25, 0.3) is 0 Å². The number of hydrogen-bond acceptors (Lipinski definition) is 5. The van der Waals surface area contributed by atoms with Crippen LogP contribution in [0.5, 0.6) is 5.75 Å². The normalized spacial score (nSPS) is 17.3. The van der Waals surface area contributed by atoms with E-state index in [0.29, 0.717) is 0 Å². The summed E-state index contributed by atoms with van der Waals surface area (Å²) in [7, 11) is 0. The zero-order chi connectivity index (χ0) is 20.5. The van der Waals surface area contributed by atoms with E-state index in [-0.39, 0.29) is 0 Å². The van der Waals surface area contributed by atoms with E-state index < -0.39 is 0 Å².